The molecule has 1 aromatic heterocycles. The van der Waals surface area contributed by atoms with Gasteiger partial charge in [-0.3, -0.25) is 19.4 Å². The predicted molar refractivity (Wildman–Crippen MR) is 187 cm³/mol. The molecule has 4 heterocycles. The zero-order valence-corrected chi connectivity index (χ0v) is 29.7. The SMILES string of the molecule is CC(C)(C)OC(=O)N[C@@H]1CCCCCCC[C@H]2C[C@]2(C(=O)O)NC(=O)C2C[C@H](N3NC(c4ccccc4)C(c4ccsc4)=CC3=O)CN2C1=O. The van der Waals surface area contributed by atoms with Crippen molar-refractivity contribution in [3.8, 4) is 0 Å². The fourth-order valence-corrected chi connectivity index (χ4v) is 8.21. The van der Waals surface area contributed by atoms with Crippen LogP contribution >= 0.6 is 11.3 Å². The van der Waals surface area contributed by atoms with Crippen molar-refractivity contribution in [3.05, 3.63) is 64.4 Å². The molecule has 3 aliphatic heterocycles. The molecule has 1 aliphatic carbocycles. The first-order valence-corrected chi connectivity index (χ1v) is 18.5. The number of hydrogen-bond donors (Lipinski definition) is 4. The van der Waals surface area contributed by atoms with Gasteiger partial charge in [-0.25, -0.2) is 15.0 Å². The molecule has 4 aliphatic rings. The van der Waals surface area contributed by atoms with Crippen molar-refractivity contribution in [3.63, 3.8) is 0 Å². The lowest BCUT2D eigenvalue weighted by molar-refractivity contribution is -0.146. The van der Waals surface area contributed by atoms with E-state index < -0.39 is 53.1 Å². The van der Waals surface area contributed by atoms with Crippen LogP contribution in [0.2, 0.25) is 0 Å². The molecule has 268 valence electrons. The Balaban J connectivity index is 1.32. The van der Waals surface area contributed by atoms with Crippen molar-refractivity contribution < 1.29 is 33.8 Å². The van der Waals surface area contributed by atoms with E-state index in [1.165, 1.54) is 21.2 Å². The summed E-state index contributed by atoms with van der Waals surface area (Å²) >= 11 is 1.54. The zero-order chi connectivity index (χ0) is 35.6. The van der Waals surface area contributed by atoms with Gasteiger partial charge in [0.25, 0.3) is 5.91 Å². The number of carbonyl (C=O) groups is 5. The third-order valence-electron chi connectivity index (χ3n) is 10.2. The fourth-order valence-electron chi connectivity index (χ4n) is 7.54. The van der Waals surface area contributed by atoms with E-state index in [0.29, 0.717) is 25.7 Å². The first kappa shape index (κ1) is 35.6. The highest BCUT2D eigenvalue weighted by Crippen LogP contribution is 2.47. The van der Waals surface area contributed by atoms with Gasteiger partial charge in [-0.2, -0.15) is 11.3 Å². The highest BCUT2D eigenvalue weighted by atomic mass is 32.1. The highest BCUT2D eigenvalue weighted by Gasteiger charge is 2.62. The topological polar surface area (TPSA) is 157 Å². The summed E-state index contributed by atoms with van der Waals surface area (Å²) in [5, 5.41) is 21.3. The van der Waals surface area contributed by atoms with E-state index in [1.807, 2.05) is 47.2 Å². The first-order valence-electron chi connectivity index (χ1n) is 17.6. The smallest absolute Gasteiger partial charge is 0.408 e. The van der Waals surface area contributed by atoms with Crippen LogP contribution in [0.4, 0.5) is 4.79 Å². The van der Waals surface area contributed by atoms with Crippen molar-refractivity contribution >= 4 is 46.7 Å². The van der Waals surface area contributed by atoms with Crippen LogP contribution in [0.1, 0.15) is 95.7 Å². The van der Waals surface area contributed by atoms with Gasteiger partial charge >= 0.3 is 12.1 Å². The monoisotopic (exact) mass is 705 g/mol. The Hall–Kier alpha value is -4.23. The number of carbonyl (C=O) groups excluding carboxylic acids is 4. The molecule has 4 N–H and O–H groups in total. The molecule has 3 fully saturated rings. The number of carboxylic acids is 1. The molecule has 2 unspecified atom stereocenters. The van der Waals surface area contributed by atoms with E-state index in [-0.39, 0.29) is 30.8 Å². The number of hydrogen-bond acceptors (Lipinski definition) is 8. The van der Waals surface area contributed by atoms with Gasteiger partial charge < -0.3 is 25.4 Å². The molecule has 13 heteroatoms. The van der Waals surface area contributed by atoms with Gasteiger partial charge in [0.1, 0.15) is 23.2 Å². The summed E-state index contributed by atoms with van der Waals surface area (Å²) in [7, 11) is 0. The summed E-state index contributed by atoms with van der Waals surface area (Å²) in [6, 6.07) is 8.67. The maximum atomic E-state index is 14.4. The van der Waals surface area contributed by atoms with Crippen LogP contribution in [-0.4, -0.2) is 80.6 Å². The van der Waals surface area contributed by atoms with E-state index in [4.69, 9.17) is 4.74 Å². The second-order valence-corrected chi connectivity index (χ2v) is 15.7. The number of benzene rings is 1. The lowest BCUT2D eigenvalue weighted by atomic mass is 9.93. The Kier molecular flexibility index (Phi) is 10.4. The predicted octanol–water partition coefficient (Wildman–Crippen LogP) is 4.79. The van der Waals surface area contributed by atoms with Crippen LogP contribution in [0.3, 0.4) is 0 Å². The van der Waals surface area contributed by atoms with Gasteiger partial charge in [-0.1, -0.05) is 62.4 Å². The number of aliphatic carboxylic acids is 1. The number of carboxylic acid groups (broad SMARTS) is 1. The van der Waals surface area contributed by atoms with Crippen molar-refractivity contribution in [2.75, 3.05) is 6.54 Å². The minimum absolute atomic E-state index is 0.00872. The molecule has 6 atom stereocenters. The van der Waals surface area contributed by atoms with Crippen LogP contribution in [0.25, 0.3) is 5.57 Å². The molecule has 4 amide bonds. The molecule has 0 radical (unpaired) electrons. The van der Waals surface area contributed by atoms with Crippen LogP contribution < -0.4 is 16.1 Å². The summed E-state index contributed by atoms with van der Waals surface area (Å²) in [4.78, 5) is 69.3. The maximum absolute atomic E-state index is 14.4. The molecule has 0 spiro atoms. The normalized spacial score (nSPS) is 29.5. The molecule has 6 rings (SSSR count). The van der Waals surface area contributed by atoms with Gasteiger partial charge in [0, 0.05) is 19.0 Å². The summed E-state index contributed by atoms with van der Waals surface area (Å²) in [6.07, 6.45) is 6.50. The summed E-state index contributed by atoms with van der Waals surface area (Å²) < 4.78 is 5.50. The van der Waals surface area contributed by atoms with Gasteiger partial charge in [0.2, 0.25) is 11.8 Å². The van der Waals surface area contributed by atoms with Gasteiger partial charge in [0.05, 0.1) is 12.1 Å². The average Bonchev–Trinajstić information content (AvgIpc) is 3.39. The van der Waals surface area contributed by atoms with E-state index >= 15 is 0 Å². The number of amides is 4. The number of ether oxygens (including phenoxy) is 1. The molecule has 12 nitrogen and oxygen atoms in total. The second-order valence-electron chi connectivity index (χ2n) is 14.9. The highest BCUT2D eigenvalue weighted by molar-refractivity contribution is 7.08. The molecule has 2 aromatic rings. The van der Waals surface area contributed by atoms with E-state index in [9.17, 15) is 29.1 Å². The first-order chi connectivity index (χ1) is 23.9. The molecule has 2 saturated heterocycles. The van der Waals surface area contributed by atoms with E-state index in [0.717, 1.165) is 42.4 Å². The lowest BCUT2D eigenvalue weighted by Gasteiger charge is -2.37. The fraction of sp³-hybridized carbons (Fsp3) is 0.541. The molecule has 1 aromatic carbocycles. The Bertz CT molecular complexity index is 1620. The number of nitrogens with zero attached hydrogens (tertiary/aromatic N) is 2. The van der Waals surface area contributed by atoms with Crippen LogP contribution in [-0.2, 0) is 23.9 Å². The molecule has 0 bridgehead atoms. The number of hydrazine groups is 1. The van der Waals surface area contributed by atoms with Crippen LogP contribution in [0, 0.1) is 5.92 Å². The van der Waals surface area contributed by atoms with Crippen molar-refractivity contribution in [2.24, 2.45) is 5.92 Å². The quantitative estimate of drug-likeness (QED) is 0.346. The van der Waals surface area contributed by atoms with Gasteiger partial charge in [-0.15, -0.1) is 0 Å². The molecule has 50 heavy (non-hydrogen) atoms. The maximum Gasteiger partial charge on any atom is 0.408 e. The van der Waals surface area contributed by atoms with Crippen molar-refractivity contribution in [1.29, 1.82) is 0 Å². The summed E-state index contributed by atoms with van der Waals surface area (Å²) in [6.45, 7) is 5.23. The largest absolute Gasteiger partial charge is 0.479 e. The molecular weight excluding hydrogens is 659 g/mol. The summed E-state index contributed by atoms with van der Waals surface area (Å²) in [5.74, 6) is -2.62. The number of fused-ring (bicyclic) bond motifs is 2. The number of thiophene rings is 1. The van der Waals surface area contributed by atoms with Crippen molar-refractivity contribution in [1.82, 2.24) is 26.0 Å². The average molecular weight is 706 g/mol. The summed E-state index contributed by atoms with van der Waals surface area (Å²) in [5.41, 5.74) is 3.92. The third kappa shape index (κ3) is 7.73. The third-order valence-corrected chi connectivity index (χ3v) is 10.9. The molecule has 1 saturated carbocycles. The number of alkyl carbamates (subject to hydrolysis) is 1. The van der Waals surface area contributed by atoms with Crippen LogP contribution in [0.15, 0.2) is 53.2 Å². The second kappa shape index (κ2) is 14.6. The lowest BCUT2D eigenvalue weighted by Crippen LogP contribution is -2.57. The Morgan fingerprint density at radius 3 is 2.42 bits per heavy atom. The van der Waals surface area contributed by atoms with Gasteiger partial charge in [-0.05, 0) is 79.5 Å². The van der Waals surface area contributed by atoms with Crippen molar-refractivity contribution in [2.45, 2.75) is 114 Å². The Labute approximate surface area is 296 Å². The van der Waals surface area contributed by atoms with E-state index in [1.54, 1.807) is 26.8 Å². The molecular formula is C37H47N5O7S. The van der Waals surface area contributed by atoms with Crippen LogP contribution in [0.5, 0.6) is 0 Å². The minimum atomic E-state index is -1.38. The van der Waals surface area contributed by atoms with E-state index in [2.05, 4.69) is 16.1 Å². The van der Waals surface area contributed by atoms with Gasteiger partial charge in [0.15, 0.2) is 0 Å². The number of rotatable bonds is 5. The minimum Gasteiger partial charge on any atom is -0.479 e. The zero-order valence-electron chi connectivity index (χ0n) is 28.9. The Morgan fingerprint density at radius 1 is 1.02 bits per heavy atom. The number of nitrogens with one attached hydrogen (secondary N) is 3. The Morgan fingerprint density at radius 2 is 1.74 bits per heavy atom. The standard InChI is InChI=1S/C37H47N5O7S/c1-36(2,3)49-35(48)38-28-15-11-6-4-5-10-14-25-20-37(25,34(46)47)39-32(44)29-18-26(21-41(29)33(28)45)42-30(43)19-27(24-16-17-50-22-24)31(40-42)23-12-8-7-9-13-23/h7-9,12-13,16-17,19,22,25-26,28-29,31,40H,4-6,10-11,14-15,18,20-21H2,1-3H3,(H,38,48)(H,39,44)(H,46,47)/t25-,26-,28+,29?,31?,37-/m0/s1.